The van der Waals surface area contributed by atoms with Gasteiger partial charge in [-0.25, -0.2) is 4.79 Å². The van der Waals surface area contributed by atoms with Crippen molar-refractivity contribution < 1.29 is 9.59 Å². The number of hydrogen-bond acceptors (Lipinski definition) is 3. The smallest absolute Gasteiger partial charge is 0.316 e. The first-order chi connectivity index (χ1) is 10.6. The Morgan fingerprint density at radius 1 is 1.09 bits per heavy atom. The van der Waals surface area contributed by atoms with Gasteiger partial charge in [-0.1, -0.05) is 24.3 Å². The van der Waals surface area contributed by atoms with Crippen LogP contribution in [0.3, 0.4) is 0 Å². The van der Waals surface area contributed by atoms with Crippen LogP contribution < -0.4 is 16.4 Å². The molecule has 4 N–H and O–H groups in total. The summed E-state index contributed by atoms with van der Waals surface area (Å²) in [5.74, 6) is -0.107. The van der Waals surface area contributed by atoms with E-state index in [0.29, 0.717) is 17.8 Å². The molecule has 0 heterocycles. The second-order valence-electron chi connectivity index (χ2n) is 4.57. The van der Waals surface area contributed by atoms with E-state index in [4.69, 9.17) is 5.73 Å². The maximum absolute atomic E-state index is 12.2. The highest BCUT2D eigenvalue weighted by molar-refractivity contribution is 7.98. The van der Waals surface area contributed by atoms with Gasteiger partial charge in [0.15, 0.2) is 0 Å². The van der Waals surface area contributed by atoms with Crippen LogP contribution >= 0.6 is 11.8 Å². The third kappa shape index (κ3) is 4.26. The summed E-state index contributed by atoms with van der Waals surface area (Å²) in [6.07, 6.45) is 1.94. The number of anilines is 1. The van der Waals surface area contributed by atoms with Gasteiger partial charge in [0, 0.05) is 17.1 Å². The summed E-state index contributed by atoms with van der Waals surface area (Å²) in [6, 6.07) is 14.0. The van der Waals surface area contributed by atoms with Crippen molar-refractivity contribution in [3.8, 4) is 0 Å². The Hall–Kier alpha value is -2.47. The lowest BCUT2D eigenvalue weighted by Crippen LogP contribution is -2.23. The fourth-order valence-electron chi connectivity index (χ4n) is 1.96. The largest absolute Gasteiger partial charge is 0.351 e. The van der Waals surface area contributed by atoms with Gasteiger partial charge in [-0.15, -0.1) is 11.8 Å². The minimum absolute atomic E-state index is 0.107. The number of urea groups is 1. The maximum atomic E-state index is 12.2. The van der Waals surface area contributed by atoms with Gasteiger partial charge in [0.25, 0.3) is 5.91 Å². The summed E-state index contributed by atoms with van der Waals surface area (Å²) >= 11 is 1.54. The van der Waals surface area contributed by atoms with Crippen LogP contribution in [0, 0.1) is 0 Å². The number of nitrogens with one attached hydrogen (secondary N) is 2. The molecule has 0 aliphatic carbocycles. The van der Waals surface area contributed by atoms with Gasteiger partial charge in [-0.05, 0) is 36.1 Å². The van der Waals surface area contributed by atoms with Crippen LogP contribution in [-0.4, -0.2) is 18.2 Å². The number of carbonyl (C=O) groups excluding carboxylic acids is 2. The SMILES string of the molecule is CSc1ccccc1C(=O)NCc1ccc(NC(N)=O)cc1. The lowest BCUT2D eigenvalue weighted by atomic mass is 10.2. The molecule has 2 aromatic carbocycles. The molecule has 0 bridgehead atoms. The van der Waals surface area contributed by atoms with E-state index in [9.17, 15) is 9.59 Å². The normalized spacial score (nSPS) is 10.0. The van der Waals surface area contributed by atoms with Gasteiger partial charge in [0.2, 0.25) is 0 Å². The zero-order valence-corrected chi connectivity index (χ0v) is 12.9. The number of hydrogen-bond donors (Lipinski definition) is 3. The van der Waals surface area contributed by atoms with Crippen LogP contribution in [-0.2, 0) is 6.54 Å². The quantitative estimate of drug-likeness (QED) is 0.742. The maximum Gasteiger partial charge on any atom is 0.316 e. The number of rotatable bonds is 5. The molecule has 0 aliphatic heterocycles. The molecule has 0 atom stereocenters. The van der Waals surface area contributed by atoms with Crippen molar-refractivity contribution in [1.29, 1.82) is 0 Å². The molecule has 0 unspecified atom stereocenters. The van der Waals surface area contributed by atoms with Crippen LogP contribution in [0.4, 0.5) is 10.5 Å². The molecule has 5 nitrogen and oxygen atoms in total. The average molecular weight is 315 g/mol. The van der Waals surface area contributed by atoms with Crippen molar-refractivity contribution in [2.45, 2.75) is 11.4 Å². The molecule has 0 aliphatic rings. The highest BCUT2D eigenvalue weighted by Gasteiger charge is 2.09. The van der Waals surface area contributed by atoms with Gasteiger partial charge in [0.1, 0.15) is 0 Å². The van der Waals surface area contributed by atoms with E-state index in [1.165, 1.54) is 0 Å². The van der Waals surface area contributed by atoms with Crippen molar-refractivity contribution in [2.24, 2.45) is 5.73 Å². The first-order valence-corrected chi connectivity index (χ1v) is 7.89. The minimum atomic E-state index is -0.602. The molecule has 0 radical (unpaired) electrons. The standard InChI is InChI=1S/C16H17N3O2S/c1-22-14-5-3-2-4-13(14)15(20)18-10-11-6-8-12(9-7-11)19-16(17)21/h2-9H,10H2,1H3,(H,18,20)(H3,17,19,21). The van der Waals surface area contributed by atoms with Crippen LogP contribution in [0.5, 0.6) is 0 Å². The molecule has 0 spiro atoms. The van der Waals surface area contributed by atoms with Gasteiger partial charge in [0.05, 0.1) is 5.56 Å². The molecule has 114 valence electrons. The van der Waals surface area contributed by atoms with Crippen molar-refractivity contribution >= 4 is 29.4 Å². The van der Waals surface area contributed by atoms with Crippen LogP contribution in [0.2, 0.25) is 0 Å². The summed E-state index contributed by atoms with van der Waals surface area (Å²) in [5.41, 5.74) is 7.27. The molecule has 0 aromatic heterocycles. The average Bonchev–Trinajstić information content (AvgIpc) is 2.53. The molecule has 0 saturated heterocycles. The Labute approximate surface area is 133 Å². The monoisotopic (exact) mass is 315 g/mol. The van der Waals surface area contributed by atoms with Crippen molar-refractivity contribution in [3.63, 3.8) is 0 Å². The number of thioether (sulfide) groups is 1. The van der Waals surface area contributed by atoms with Crippen LogP contribution in [0.1, 0.15) is 15.9 Å². The molecule has 6 heteroatoms. The lowest BCUT2D eigenvalue weighted by molar-refractivity contribution is 0.0948. The van der Waals surface area contributed by atoms with Gasteiger partial charge >= 0.3 is 6.03 Å². The second kappa shape index (κ2) is 7.51. The van der Waals surface area contributed by atoms with E-state index in [2.05, 4.69) is 10.6 Å². The molecule has 22 heavy (non-hydrogen) atoms. The molecular weight excluding hydrogens is 298 g/mol. The summed E-state index contributed by atoms with van der Waals surface area (Å²) in [5, 5.41) is 5.37. The Morgan fingerprint density at radius 3 is 2.41 bits per heavy atom. The van der Waals surface area contributed by atoms with Crippen molar-refractivity contribution in [2.75, 3.05) is 11.6 Å². The second-order valence-corrected chi connectivity index (χ2v) is 5.42. The fourth-order valence-corrected chi connectivity index (χ4v) is 2.55. The van der Waals surface area contributed by atoms with Gasteiger partial charge in [-0.2, -0.15) is 0 Å². The minimum Gasteiger partial charge on any atom is -0.351 e. The van der Waals surface area contributed by atoms with E-state index < -0.39 is 6.03 Å². The molecule has 2 aromatic rings. The van der Waals surface area contributed by atoms with E-state index in [0.717, 1.165) is 10.5 Å². The van der Waals surface area contributed by atoms with Crippen LogP contribution in [0.15, 0.2) is 53.4 Å². The lowest BCUT2D eigenvalue weighted by Gasteiger charge is -2.09. The molecular formula is C16H17N3O2S. The number of primary amides is 1. The summed E-state index contributed by atoms with van der Waals surface area (Å²) in [7, 11) is 0. The Balaban J connectivity index is 1.97. The van der Waals surface area contributed by atoms with Crippen molar-refractivity contribution in [3.05, 3.63) is 59.7 Å². The zero-order valence-electron chi connectivity index (χ0n) is 12.1. The predicted molar refractivity (Wildman–Crippen MR) is 89.0 cm³/mol. The topological polar surface area (TPSA) is 84.2 Å². The van der Waals surface area contributed by atoms with E-state index >= 15 is 0 Å². The first kappa shape index (κ1) is 15.9. The molecule has 0 saturated carbocycles. The van der Waals surface area contributed by atoms with E-state index in [1.54, 1.807) is 30.0 Å². The highest BCUT2D eigenvalue weighted by Crippen LogP contribution is 2.19. The fraction of sp³-hybridized carbons (Fsp3) is 0.125. The van der Waals surface area contributed by atoms with Gasteiger partial charge < -0.3 is 16.4 Å². The molecule has 0 fully saturated rings. The predicted octanol–water partition coefficient (Wildman–Crippen LogP) is 2.83. The third-order valence-electron chi connectivity index (χ3n) is 3.03. The number of carbonyl (C=O) groups is 2. The Bertz CT molecular complexity index is 671. The van der Waals surface area contributed by atoms with Crippen LogP contribution in [0.25, 0.3) is 0 Å². The van der Waals surface area contributed by atoms with E-state index in [-0.39, 0.29) is 5.91 Å². The van der Waals surface area contributed by atoms with E-state index in [1.807, 2.05) is 36.6 Å². The summed E-state index contributed by atoms with van der Waals surface area (Å²) < 4.78 is 0. The summed E-state index contributed by atoms with van der Waals surface area (Å²) in [6.45, 7) is 0.415. The summed E-state index contributed by atoms with van der Waals surface area (Å²) in [4.78, 5) is 23.9. The molecule has 3 amide bonds. The van der Waals surface area contributed by atoms with Gasteiger partial charge in [-0.3, -0.25) is 4.79 Å². The number of nitrogens with two attached hydrogens (primary N) is 1. The molecule has 2 rings (SSSR count). The first-order valence-electron chi connectivity index (χ1n) is 6.67. The Kier molecular flexibility index (Phi) is 5.43. The van der Waals surface area contributed by atoms with Crippen molar-refractivity contribution in [1.82, 2.24) is 5.32 Å². The zero-order chi connectivity index (χ0) is 15.9. The Morgan fingerprint density at radius 2 is 1.77 bits per heavy atom. The highest BCUT2D eigenvalue weighted by atomic mass is 32.2. The number of amides is 3. The third-order valence-corrected chi connectivity index (χ3v) is 3.82. The number of benzene rings is 2.